The maximum atomic E-state index is 11.1. The highest BCUT2D eigenvalue weighted by atomic mass is 35.5. The van der Waals surface area contributed by atoms with Crippen LogP contribution >= 0.6 is 11.6 Å². The summed E-state index contributed by atoms with van der Waals surface area (Å²) < 4.78 is 11.0. The Morgan fingerprint density at radius 1 is 1.19 bits per heavy atom. The standard InChI is InChI=1S/C16H11ClO4/c17-13-6-1-2-7-14(13)20-8-10-9-21-15-11(10)4-3-5-12(15)16(18)19/h1-7,9H,8H2,(H,18,19). The van der Waals surface area contributed by atoms with Crippen LogP contribution in [0.25, 0.3) is 11.0 Å². The monoisotopic (exact) mass is 302 g/mol. The van der Waals surface area contributed by atoms with E-state index >= 15 is 0 Å². The van der Waals surface area contributed by atoms with Crippen LogP contribution in [0.1, 0.15) is 15.9 Å². The van der Waals surface area contributed by atoms with Crippen molar-refractivity contribution in [2.45, 2.75) is 6.61 Å². The van der Waals surface area contributed by atoms with Crippen LogP contribution in [0.15, 0.2) is 53.1 Å². The first-order chi connectivity index (χ1) is 10.2. The Bertz CT molecular complexity index is 807. The van der Waals surface area contributed by atoms with Crippen molar-refractivity contribution in [2.24, 2.45) is 0 Å². The van der Waals surface area contributed by atoms with Crippen molar-refractivity contribution in [1.29, 1.82) is 0 Å². The van der Waals surface area contributed by atoms with E-state index in [-0.39, 0.29) is 12.2 Å². The number of carboxylic acid groups (broad SMARTS) is 1. The third-order valence-electron chi connectivity index (χ3n) is 3.13. The molecule has 0 aliphatic heterocycles. The van der Waals surface area contributed by atoms with Crippen LogP contribution in [0.2, 0.25) is 5.02 Å². The number of carbonyl (C=O) groups is 1. The maximum absolute atomic E-state index is 11.1. The second kappa shape index (κ2) is 5.50. The molecule has 3 aromatic rings. The fraction of sp³-hybridized carbons (Fsp3) is 0.0625. The topological polar surface area (TPSA) is 59.7 Å². The number of aromatic carboxylic acids is 1. The molecule has 106 valence electrons. The summed E-state index contributed by atoms with van der Waals surface area (Å²) in [7, 11) is 0. The Balaban J connectivity index is 1.90. The van der Waals surface area contributed by atoms with Gasteiger partial charge in [0.2, 0.25) is 0 Å². The van der Waals surface area contributed by atoms with Crippen molar-refractivity contribution in [3.8, 4) is 5.75 Å². The van der Waals surface area contributed by atoms with Gasteiger partial charge >= 0.3 is 5.97 Å². The molecule has 1 aromatic heterocycles. The zero-order valence-corrected chi connectivity index (χ0v) is 11.6. The molecule has 0 radical (unpaired) electrons. The predicted molar refractivity (Wildman–Crippen MR) is 79.0 cm³/mol. The molecular formula is C16H11ClO4. The van der Waals surface area contributed by atoms with Crippen molar-refractivity contribution in [1.82, 2.24) is 0 Å². The maximum Gasteiger partial charge on any atom is 0.339 e. The molecule has 1 heterocycles. The molecule has 5 heteroatoms. The molecule has 0 aliphatic rings. The number of rotatable bonds is 4. The highest BCUT2D eigenvalue weighted by Gasteiger charge is 2.14. The molecule has 0 spiro atoms. The number of furan rings is 1. The third-order valence-corrected chi connectivity index (χ3v) is 3.44. The second-order valence-corrected chi connectivity index (χ2v) is 4.87. The number of hydrogen-bond acceptors (Lipinski definition) is 3. The summed E-state index contributed by atoms with van der Waals surface area (Å²) >= 11 is 6.02. The molecule has 4 nitrogen and oxygen atoms in total. The van der Waals surface area contributed by atoms with Gasteiger partial charge in [-0.3, -0.25) is 0 Å². The van der Waals surface area contributed by atoms with Crippen LogP contribution in [-0.2, 0) is 6.61 Å². The van der Waals surface area contributed by atoms with Crippen LogP contribution in [0.3, 0.4) is 0 Å². The fourth-order valence-electron chi connectivity index (χ4n) is 2.11. The van der Waals surface area contributed by atoms with Crippen molar-refractivity contribution >= 4 is 28.5 Å². The van der Waals surface area contributed by atoms with Crippen molar-refractivity contribution in [3.63, 3.8) is 0 Å². The lowest BCUT2D eigenvalue weighted by atomic mass is 10.1. The largest absolute Gasteiger partial charge is 0.487 e. The first kappa shape index (κ1) is 13.5. The molecule has 0 aliphatic carbocycles. The number of para-hydroxylation sites is 2. The van der Waals surface area contributed by atoms with Crippen LogP contribution in [-0.4, -0.2) is 11.1 Å². The predicted octanol–water partition coefficient (Wildman–Crippen LogP) is 4.36. The van der Waals surface area contributed by atoms with Crippen molar-refractivity contribution < 1.29 is 19.1 Å². The van der Waals surface area contributed by atoms with Crippen LogP contribution in [0, 0.1) is 0 Å². The van der Waals surface area contributed by atoms with Crippen LogP contribution < -0.4 is 4.74 Å². The molecule has 0 amide bonds. The molecule has 21 heavy (non-hydrogen) atoms. The molecule has 2 aromatic carbocycles. The Morgan fingerprint density at radius 3 is 2.76 bits per heavy atom. The molecule has 0 bridgehead atoms. The number of benzene rings is 2. The van der Waals surface area contributed by atoms with Gasteiger partial charge in [-0.15, -0.1) is 0 Å². The molecule has 3 rings (SSSR count). The second-order valence-electron chi connectivity index (χ2n) is 4.47. The minimum atomic E-state index is -1.02. The summed E-state index contributed by atoms with van der Waals surface area (Å²) in [5, 5.41) is 10.4. The summed E-state index contributed by atoms with van der Waals surface area (Å²) in [6.45, 7) is 0.250. The lowest BCUT2D eigenvalue weighted by molar-refractivity contribution is 0.0698. The lowest BCUT2D eigenvalue weighted by Gasteiger charge is -2.06. The molecule has 0 fully saturated rings. The average Bonchev–Trinajstić information content (AvgIpc) is 2.89. The van der Waals surface area contributed by atoms with Crippen LogP contribution in [0.4, 0.5) is 0 Å². The van der Waals surface area contributed by atoms with E-state index in [1.54, 1.807) is 24.3 Å². The van der Waals surface area contributed by atoms with Crippen molar-refractivity contribution in [3.05, 3.63) is 64.9 Å². The quantitative estimate of drug-likeness (QED) is 0.777. The van der Waals surface area contributed by atoms with Gasteiger partial charge in [-0.2, -0.15) is 0 Å². The lowest BCUT2D eigenvalue weighted by Crippen LogP contribution is -1.97. The Kier molecular flexibility index (Phi) is 3.54. The summed E-state index contributed by atoms with van der Waals surface area (Å²) in [5.74, 6) is -0.448. The fourth-order valence-corrected chi connectivity index (χ4v) is 2.30. The third kappa shape index (κ3) is 2.58. The minimum Gasteiger partial charge on any atom is -0.487 e. The van der Waals surface area contributed by atoms with Gasteiger partial charge in [0.1, 0.15) is 23.5 Å². The number of carboxylic acids is 1. The molecule has 0 saturated heterocycles. The SMILES string of the molecule is O=C(O)c1cccc2c(COc3ccccc3Cl)coc12. The molecular weight excluding hydrogens is 292 g/mol. The van der Waals surface area contributed by atoms with E-state index in [4.69, 9.17) is 25.9 Å². The Morgan fingerprint density at radius 2 is 2.00 bits per heavy atom. The summed E-state index contributed by atoms with van der Waals surface area (Å²) in [5.41, 5.74) is 1.26. The zero-order valence-electron chi connectivity index (χ0n) is 10.9. The van der Waals surface area contributed by atoms with E-state index in [2.05, 4.69) is 0 Å². The minimum absolute atomic E-state index is 0.136. The number of fused-ring (bicyclic) bond motifs is 1. The summed E-state index contributed by atoms with van der Waals surface area (Å²) in [6, 6.07) is 12.2. The van der Waals surface area contributed by atoms with Gasteiger partial charge in [0.25, 0.3) is 0 Å². The average molecular weight is 303 g/mol. The summed E-state index contributed by atoms with van der Waals surface area (Å²) in [6.07, 6.45) is 1.51. The highest BCUT2D eigenvalue weighted by Crippen LogP contribution is 2.28. The number of ether oxygens (including phenoxy) is 1. The molecule has 1 N–H and O–H groups in total. The molecule has 0 unspecified atom stereocenters. The first-order valence-corrected chi connectivity index (χ1v) is 6.64. The van der Waals surface area contributed by atoms with Gasteiger partial charge < -0.3 is 14.3 Å². The van der Waals surface area contributed by atoms with Gasteiger partial charge in [0.15, 0.2) is 0 Å². The zero-order chi connectivity index (χ0) is 14.8. The van der Waals surface area contributed by atoms with E-state index in [0.717, 1.165) is 10.9 Å². The first-order valence-electron chi connectivity index (χ1n) is 6.26. The van der Waals surface area contributed by atoms with E-state index < -0.39 is 5.97 Å². The van der Waals surface area contributed by atoms with E-state index in [1.165, 1.54) is 12.3 Å². The van der Waals surface area contributed by atoms with E-state index in [0.29, 0.717) is 16.4 Å². The Labute approximate surface area is 125 Å². The van der Waals surface area contributed by atoms with Crippen molar-refractivity contribution in [2.75, 3.05) is 0 Å². The Hall–Kier alpha value is -2.46. The van der Waals surface area contributed by atoms with Gasteiger partial charge in [-0.1, -0.05) is 35.9 Å². The van der Waals surface area contributed by atoms with Gasteiger partial charge in [0, 0.05) is 10.9 Å². The molecule has 0 atom stereocenters. The van der Waals surface area contributed by atoms with E-state index in [1.807, 2.05) is 12.1 Å². The van der Waals surface area contributed by atoms with E-state index in [9.17, 15) is 4.79 Å². The smallest absolute Gasteiger partial charge is 0.339 e. The van der Waals surface area contributed by atoms with Gasteiger partial charge in [-0.05, 0) is 18.2 Å². The summed E-state index contributed by atoms with van der Waals surface area (Å²) in [4.78, 5) is 11.1. The van der Waals surface area contributed by atoms with Gasteiger partial charge in [-0.25, -0.2) is 4.79 Å². The highest BCUT2D eigenvalue weighted by molar-refractivity contribution is 6.32. The number of hydrogen-bond donors (Lipinski definition) is 1. The van der Waals surface area contributed by atoms with Crippen LogP contribution in [0.5, 0.6) is 5.75 Å². The normalized spacial score (nSPS) is 10.7. The van der Waals surface area contributed by atoms with Gasteiger partial charge in [0.05, 0.1) is 11.3 Å². The molecule has 0 saturated carbocycles. The number of halogens is 1.